The van der Waals surface area contributed by atoms with Crippen LogP contribution in [0.25, 0.3) is 10.9 Å². The van der Waals surface area contributed by atoms with Crippen LogP contribution in [0.4, 0.5) is 5.69 Å². The Hall–Kier alpha value is -2.99. The molecule has 1 amide bonds. The van der Waals surface area contributed by atoms with Crippen molar-refractivity contribution in [1.82, 2.24) is 4.57 Å². The lowest BCUT2D eigenvalue weighted by Crippen LogP contribution is -2.28. The molecule has 0 spiro atoms. The van der Waals surface area contributed by atoms with Crippen molar-refractivity contribution in [2.45, 2.75) is 13.5 Å². The van der Waals surface area contributed by atoms with Gasteiger partial charge in [0.15, 0.2) is 0 Å². The third-order valence-corrected chi connectivity index (χ3v) is 4.49. The second-order valence-electron chi connectivity index (χ2n) is 6.00. The van der Waals surface area contributed by atoms with Crippen molar-refractivity contribution in [3.8, 4) is 11.5 Å². The van der Waals surface area contributed by atoms with Crippen molar-refractivity contribution in [3.05, 3.63) is 63.4 Å². The molecule has 3 aromatic rings. The van der Waals surface area contributed by atoms with E-state index in [0.29, 0.717) is 27.7 Å². The molecule has 2 aromatic carbocycles. The molecule has 3 rings (SSSR count). The van der Waals surface area contributed by atoms with Crippen LogP contribution in [0.3, 0.4) is 0 Å². The van der Waals surface area contributed by atoms with Crippen LogP contribution in [0.1, 0.15) is 5.56 Å². The Kier molecular flexibility index (Phi) is 5.37. The van der Waals surface area contributed by atoms with Crippen LogP contribution in [-0.2, 0) is 11.3 Å². The maximum atomic E-state index is 12.6. The summed E-state index contributed by atoms with van der Waals surface area (Å²) in [6.45, 7) is 1.68. The van der Waals surface area contributed by atoms with E-state index in [0.717, 1.165) is 10.9 Å². The Morgan fingerprint density at radius 2 is 1.85 bits per heavy atom. The number of rotatable bonds is 5. The summed E-state index contributed by atoms with van der Waals surface area (Å²) in [7, 11) is 3.03. The van der Waals surface area contributed by atoms with E-state index in [1.807, 2.05) is 19.1 Å². The number of halogens is 1. The van der Waals surface area contributed by atoms with Crippen molar-refractivity contribution in [3.63, 3.8) is 0 Å². The summed E-state index contributed by atoms with van der Waals surface area (Å²) >= 11 is 6.00. The van der Waals surface area contributed by atoms with Gasteiger partial charge in [0.25, 0.3) is 5.56 Å². The van der Waals surface area contributed by atoms with Crippen LogP contribution in [0, 0.1) is 6.92 Å². The average molecular weight is 387 g/mol. The lowest BCUT2D eigenvalue weighted by Gasteiger charge is -2.15. The largest absolute Gasteiger partial charge is 0.495 e. The van der Waals surface area contributed by atoms with Crippen molar-refractivity contribution in [1.29, 1.82) is 0 Å². The van der Waals surface area contributed by atoms with Crippen LogP contribution in [0.15, 0.2) is 47.3 Å². The number of nitrogens with zero attached hydrogens (tertiary/aromatic N) is 1. The minimum atomic E-state index is -0.381. The Balaban J connectivity index is 2.01. The number of carbonyl (C=O) groups is 1. The highest BCUT2D eigenvalue weighted by molar-refractivity contribution is 6.31. The predicted octanol–water partition coefficient (Wildman–Crippen LogP) is 3.62. The number of amides is 1. The number of fused-ring (bicyclic) bond motifs is 1. The fourth-order valence-corrected chi connectivity index (χ4v) is 3.18. The summed E-state index contributed by atoms with van der Waals surface area (Å²) in [5.41, 5.74) is 1.56. The topological polar surface area (TPSA) is 69.6 Å². The number of aromatic nitrogens is 1. The molecular weight excluding hydrogens is 368 g/mol. The molecule has 0 unspecified atom stereocenters. The zero-order chi connectivity index (χ0) is 19.6. The number of anilines is 1. The van der Waals surface area contributed by atoms with E-state index in [1.165, 1.54) is 24.9 Å². The van der Waals surface area contributed by atoms with Crippen molar-refractivity contribution in [2.24, 2.45) is 0 Å². The number of methoxy groups -OCH3 is 2. The Morgan fingerprint density at radius 1 is 1.11 bits per heavy atom. The normalized spacial score (nSPS) is 10.7. The van der Waals surface area contributed by atoms with Gasteiger partial charge in [0.2, 0.25) is 5.91 Å². The van der Waals surface area contributed by atoms with E-state index >= 15 is 0 Å². The van der Waals surface area contributed by atoms with Gasteiger partial charge in [0, 0.05) is 16.5 Å². The Labute approximate surface area is 161 Å². The molecule has 0 aliphatic rings. The number of para-hydroxylation sites is 1. The zero-order valence-corrected chi connectivity index (χ0v) is 16.0. The molecular formula is C20H19ClN2O4. The molecule has 0 aliphatic heterocycles. The molecule has 1 heterocycles. The molecule has 0 saturated carbocycles. The molecule has 6 nitrogen and oxygen atoms in total. The molecule has 0 bridgehead atoms. The maximum absolute atomic E-state index is 12.6. The number of carbonyl (C=O) groups excluding carboxylic acids is 1. The molecule has 7 heteroatoms. The molecule has 140 valence electrons. The number of pyridine rings is 1. The van der Waals surface area contributed by atoms with Crippen LogP contribution in [0.5, 0.6) is 11.5 Å². The third kappa shape index (κ3) is 3.75. The molecule has 0 saturated heterocycles. The van der Waals surface area contributed by atoms with Crippen molar-refractivity contribution < 1.29 is 14.3 Å². The summed E-state index contributed by atoms with van der Waals surface area (Å²) in [4.78, 5) is 25.2. The van der Waals surface area contributed by atoms with Gasteiger partial charge in [-0.15, -0.1) is 0 Å². The van der Waals surface area contributed by atoms with Gasteiger partial charge in [0.05, 0.1) is 25.4 Å². The van der Waals surface area contributed by atoms with Crippen molar-refractivity contribution >= 4 is 34.1 Å². The van der Waals surface area contributed by atoms with Gasteiger partial charge >= 0.3 is 0 Å². The van der Waals surface area contributed by atoms with Crippen LogP contribution < -0.4 is 20.3 Å². The van der Waals surface area contributed by atoms with E-state index in [-0.39, 0.29) is 18.0 Å². The van der Waals surface area contributed by atoms with Gasteiger partial charge in [-0.1, -0.05) is 23.7 Å². The Morgan fingerprint density at radius 3 is 2.56 bits per heavy atom. The Bertz CT molecular complexity index is 1080. The first kappa shape index (κ1) is 18.8. The number of nitrogens with one attached hydrogen (secondary N) is 1. The summed E-state index contributed by atoms with van der Waals surface area (Å²) in [5, 5.41) is 4.06. The molecule has 0 aliphatic carbocycles. The minimum Gasteiger partial charge on any atom is -0.495 e. The van der Waals surface area contributed by atoms with E-state index in [9.17, 15) is 9.59 Å². The SMILES string of the molecule is COc1ccc(Cl)cc1NC(=O)Cn1c(=O)cc(C)c2cccc(OC)c21. The van der Waals surface area contributed by atoms with E-state index < -0.39 is 0 Å². The van der Waals surface area contributed by atoms with Gasteiger partial charge in [-0.3, -0.25) is 14.2 Å². The standard InChI is InChI=1S/C20H19ClN2O4/c1-12-9-19(25)23(20-14(12)5-4-6-17(20)27-3)11-18(24)22-15-10-13(21)7-8-16(15)26-2/h4-10H,11H2,1-3H3,(H,22,24). The van der Waals surface area contributed by atoms with E-state index in [1.54, 1.807) is 24.3 Å². The van der Waals surface area contributed by atoms with Crippen LogP contribution >= 0.6 is 11.6 Å². The molecule has 1 N–H and O–H groups in total. The average Bonchev–Trinajstić information content (AvgIpc) is 2.64. The second kappa shape index (κ2) is 7.72. The fraction of sp³-hybridized carbons (Fsp3) is 0.200. The lowest BCUT2D eigenvalue weighted by molar-refractivity contribution is -0.116. The number of hydrogen-bond acceptors (Lipinski definition) is 4. The molecule has 27 heavy (non-hydrogen) atoms. The smallest absolute Gasteiger partial charge is 0.251 e. The van der Waals surface area contributed by atoms with Crippen LogP contribution in [-0.4, -0.2) is 24.7 Å². The zero-order valence-electron chi connectivity index (χ0n) is 15.2. The summed E-state index contributed by atoms with van der Waals surface area (Å²) in [6.07, 6.45) is 0. The monoisotopic (exact) mass is 386 g/mol. The maximum Gasteiger partial charge on any atom is 0.251 e. The van der Waals surface area contributed by atoms with Gasteiger partial charge in [-0.2, -0.15) is 0 Å². The fourth-order valence-electron chi connectivity index (χ4n) is 3.00. The predicted molar refractivity (Wildman–Crippen MR) is 106 cm³/mol. The molecule has 0 radical (unpaired) electrons. The first-order chi connectivity index (χ1) is 12.9. The lowest BCUT2D eigenvalue weighted by atomic mass is 10.1. The molecule has 0 fully saturated rings. The second-order valence-corrected chi connectivity index (χ2v) is 6.44. The highest BCUT2D eigenvalue weighted by Gasteiger charge is 2.15. The van der Waals surface area contributed by atoms with Crippen molar-refractivity contribution in [2.75, 3.05) is 19.5 Å². The minimum absolute atomic E-state index is 0.175. The number of ether oxygens (including phenoxy) is 2. The summed E-state index contributed by atoms with van der Waals surface area (Å²) in [6, 6.07) is 11.9. The van der Waals surface area contributed by atoms with E-state index in [2.05, 4.69) is 5.32 Å². The number of hydrogen-bond donors (Lipinski definition) is 1. The van der Waals surface area contributed by atoms with Gasteiger partial charge in [0.1, 0.15) is 18.0 Å². The summed E-state index contributed by atoms with van der Waals surface area (Å²) < 4.78 is 12.0. The quantitative estimate of drug-likeness (QED) is 0.727. The highest BCUT2D eigenvalue weighted by atomic mass is 35.5. The van der Waals surface area contributed by atoms with Gasteiger partial charge in [-0.05, 0) is 36.8 Å². The highest BCUT2D eigenvalue weighted by Crippen LogP contribution is 2.29. The van der Waals surface area contributed by atoms with E-state index in [4.69, 9.17) is 21.1 Å². The summed E-state index contributed by atoms with van der Waals surface area (Å²) in [5.74, 6) is 0.626. The third-order valence-electron chi connectivity index (χ3n) is 4.26. The first-order valence-corrected chi connectivity index (χ1v) is 8.63. The molecule has 0 atom stereocenters. The molecule has 1 aromatic heterocycles. The first-order valence-electron chi connectivity index (χ1n) is 8.25. The number of benzene rings is 2. The number of aryl methyl sites for hydroxylation is 1. The van der Waals surface area contributed by atoms with Gasteiger partial charge in [-0.25, -0.2) is 0 Å². The van der Waals surface area contributed by atoms with Crippen LogP contribution in [0.2, 0.25) is 5.02 Å². The van der Waals surface area contributed by atoms with Gasteiger partial charge < -0.3 is 14.8 Å².